The molecule has 1 aromatic heterocycles. The molecule has 0 aliphatic rings. The molecule has 3 rings (SSSR count). The number of guanidine groups is 1. The van der Waals surface area contributed by atoms with Crippen LogP contribution in [0.15, 0.2) is 28.7 Å². The number of hydrogen-bond donors (Lipinski definition) is 5. The normalized spacial score (nSPS) is 10.5. The molecule has 11 heteroatoms. The van der Waals surface area contributed by atoms with E-state index in [1.54, 1.807) is 24.3 Å². The molecule has 0 amide bonds. The lowest BCUT2D eigenvalue weighted by molar-refractivity contribution is 0.103. The Kier molecular flexibility index (Phi) is 7.01. The van der Waals surface area contributed by atoms with Gasteiger partial charge in [-0.05, 0) is 24.3 Å². The molecule has 0 aliphatic carbocycles. The summed E-state index contributed by atoms with van der Waals surface area (Å²) < 4.78 is 27.3. The number of nitrogen functional groups attached to an aromatic ring is 1. The van der Waals surface area contributed by atoms with Crippen molar-refractivity contribution >= 4 is 34.3 Å². The van der Waals surface area contributed by atoms with E-state index in [-0.39, 0.29) is 28.9 Å². The molecule has 0 spiro atoms. The van der Waals surface area contributed by atoms with Crippen LogP contribution in [-0.2, 0) is 0 Å². The third-order valence-corrected chi connectivity index (χ3v) is 4.96. The number of fused-ring (bicyclic) bond motifs is 1. The molecule has 0 atom stereocenters. The molecule has 0 unspecified atom stereocenters. The summed E-state index contributed by atoms with van der Waals surface area (Å²) >= 11 is 0. The summed E-state index contributed by atoms with van der Waals surface area (Å²) in [5, 5.41) is 13.5. The molecule has 1 heterocycles. The van der Waals surface area contributed by atoms with Crippen molar-refractivity contribution in [1.82, 2.24) is 5.32 Å². The quantitative estimate of drug-likeness (QED) is 0.100. The highest BCUT2D eigenvalue weighted by molar-refractivity contribution is 6.20. The SMILES string of the molecule is COc1cc(C(=O)c2c(NCCNC(=N)N)oc3c(N)c(OC)ccc23)cc(OC)c1OC. The topological polar surface area (TPSA) is 167 Å². The summed E-state index contributed by atoms with van der Waals surface area (Å²) in [5.74, 6) is 1.19. The van der Waals surface area contributed by atoms with Crippen molar-refractivity contribution in [1.29, 1.82) is 5.41 Å². The van der Waals surface area contributed by atoms with E-state index in [1.807, 2.05) is 0 Å². The zero-order valence-corrected chi connectivity index (χ0v) is 18.8. The standard InChI is InChI=1S/C22H27N5O6/c1-29-13-6-5-12-16(21(33-19(12)17(13)23)26-7-8-27-22(24)25)18(28)11-9-14(30-2)20(32-4)15(10-11)31-3/h5-6,9-10,26H,7-8,23H2,1-4H3,(H4,24,25,27). The van der Waals surface area contributed by atoms with Gasteiger partial charge in [0.15, 0.2) is 28.8 Å². The maximum Gasteiger partial charge on any atom is 0.205 e. The highest BCUT2D eigenvalue weighted by atomic mass is 16.5. The van der Waals surface area contributed by atoms with Crippen LogP contribution in [0.4, 0.5) is 11.6 Å². The fourth-order valence-electron chi connectivity index (χ4n) is 3.42. The van der Waals surface area contributed by atoms with Crippen LogP contribution in [-0.4, -0.2) is 53.3 Å². The Balaban J connectivity index is 2.13. The Morgan fingerprint density at radius 2 is 1.64 bits per heavy atom. The van der Waals surface area contributed by atoms with Gasteiger partial charge in [-0.25, -0.2) is 0 Å². The minimum atomic E-state index is -0.348. The molecule has 11 nitrogen and oxygen atoms in total. The van der Waals surface area contributed by atoms with Gasteiger partial charge in [-0.2, -0.15) is 0 Å². The number of furan rings is 1. The lowest BCUT2D eigenvalue weighted by atomic mass is 10.00. The van der Waals surface area contributed by atoms with Crippen LogP contribution >= 0.6 is 0 Å². The van der Waals surface area contributed by atoms with Gasteiger partial charge in [-0.3, -0.25) is 10.2 Å². The summed E-state index contributed by atoms with van der Waals surface area (Å²) in [6, 6.07) is 6.51. The number of nitrogens with two attached hydrogens (primary N) is 2. The van der Waals surface area contributed by atoms with Crippen LogP contribution in [0.2, 0.25) is 0 Å². The molecule has 7 N–H and O–H groups in total. The van der Waals surface area contributed by atoms with Gasteiger partial charge in [0.25, 0.3) is 0 Å². The first-order valence-corrected chi connectivity index (χ1v) is 9.91. The third-order valence-electron chi connectivity index (χ3n) is 4.96. The van der Waals surface area contributed by atoms with Crippen molar-refractivity contribution < 1.29 is 28.2 Å². The van der Waals surface area contributed by atoms with Crippen molar-refractivity contribution in [2.24, 2.45) is 5.73 Å². The zero-order chi connectivity index (χ0) is 24.1. The Morgan fingerprint density at radius 1 is 1.00 bits per heavy atom. The number of methoxy groups -OCH3 is 4. The summed E-state index contributed by atoms with van der Waals surface area (Å²) in [4.78, 5) is 13.7. The van der Waals surface area contributed by atoms with Crippen molar-refractivity contribution in [3.63, 3.8) is 0 Å². The predicted molar refractivity (Wildman–Crippen MR) is 125 cm³/mol. The maximum absolute atomic E-state index is 13.7. The molecule has 0 bridgehead atoms. The molecule has 176 valence electrons. The first-order valence-electron chi connectivity index (χ1n) is 9.91. The summed E-state index contributed by atoms with van der Waals surface area (Å²) in [7, 11) is 5.93. The fourth-order valence-corrected chi connectivity index (χ4v) is 3.42. The molecule has 0 saturated carbocycles. The van der Waals surface area contributed by atoms with Gasteiger partial charge in [-0.1, -0.05) is 0 Å². The molecule has 0 fully saturated rings. The summed E-state index contributed by atoms with van der Waals surface area (Å²) in [6.45, 7) is 0.662. The van der Waals surface area contributed by atoms with Gasteiger partial charge in [0.1, 0.15) is 11.4 Å². The molecular formula is C22H27N5O6. The largest absolute Gasteiger partial charge is 0.494 e. The highest BCUT2D eigenvalue weighted by Gasteiger charge is 2.26. The minimum Gasteiger partial charge on any atom is -0.494 e. The number of carbonyl (C=O) groups is 1. The van der Waals surface area contributed by atoms with Crippen molar-refractivity contribution in [2.75, 3.05) is 52.6 Å². The second-order valence-corrected chi connectivity index (χ2v) is 6.87. The number of nitrogens with one attached hydrogen (secondary N) is 3. The fraction of sp³-hybridized carbons (Fsp3) is 0.273. The van der Waals surface area contributed by atoms with Gasteiger partial charge in [-0.15, -0.1) is 0 Å². The number of benzene rings is 2. The first-order chi connectivity index (χ1) is 15.9. The van der Waals surface area contributed by atoms with Crippen LogP contribution in [0.3, 0.4) is 0 Å². The number of carbonyl (C=O) groups excluding carboxylic acids is 1. The van der Waals surface area contributed by atoms with Crippen LogP contribution in [0.1, 0.15) is 15.9 Å². The van der Waals surface area contributed by atoms with Crippen LogP contribution in [0.5, 0.6) is 23.0 Å². The molecule has 0 radical (unpaired) electrons. The molecular weight excluding hydrogens is 430 g/mol. The Labute approximate surface area is 190 Å². The van der Waals surface area contributed by atoms with E-state index in [2.05, 4.69) is 10.6 Å². The van der Waals surface area contributed by atoms with E-state index < -0.39 is 0 Å². The van der Waals surface area contributed by atoms with Crippen LogP contribution < -0.4 is 41.0 Å². The number of rotatable bonds is 10. The molecule has 3 aromatic rings. The van der Waals surface area contributed by atoms with Gasteiger partial charge < -0.3 is 45.5 Å². The number of ether oxygens (including phenoxy) is 4. The van der Waals surface area contributed by atoms with E-state index in [9.17, 15) is 4.79 Å². The minimum absolute atomic E-state index is 0.163. The molecule has 33 heavy (non-hydrogen) atoms. The van der Waals surface area contributed by atoms with E-state index in [1.165, 1.54) is 28.4 Å². The predicted octanol–water partition coefficient (Wildman–Crippen LogP) is 2.18. The van der Waals surface area contributed by atoms with Gasteiger partial charge >= 0.3 is 0 Å². The Hall–Kier alpha value is -4.28. The molecule has 2 aromatic carbocycles. The third kappa shape index (κ3) is 4.52. The average Bonchev–Trinajstić information content (AvgIpc) is 3.19. The number of ketones is 1. The summed E-state index contributed by atoms with van der Waals surface area (Å²) in [6.07, 6.45) is 0. The second kappa shape index (κ2) is 9.90. The van der Waals surface area contributed by atoms with Crippen molar-refractivity contribution in [3.05, 3.63) is 35.4 Å². The highest BCUT2D eigenvalue weighted by Crippen LogP contribution is 2.42. The van der Waals surface area contributed by atoms with E-state index >= 15 is 0 Å². The van der Waals surface area contributed by atoms with Gasteiger partial charge in [0.05, 0.1) is 34.0 Å². The lowest BCUT2D eigenvalue weighted by Crippen LogP contribution is -2.33. The lowest BCUT2D eigenvalue weighted by Gasteiger charge is -2.14. The summed E-state index contributed by atoms with van der Waals surface area (Å²) in [5.41, 5.74) is 12.7. The smallest absolute Gasteiger partial charge is 0.205 e. The van der Waals surface area contributed by atoms with E-state index in [0.29, 0.717) is 52.6 Å². The van der Waals surface area contributed by atoms with E-state index in [0.717, 1.165) is 0 Å². The van der Waals surface area contributed by atoms with Crippen LogP contribution in [0.25, 0.3) is 11.0 Å². The molecule has 0 saturated heterocycles. The van der Waals surface area contributed by atoms with Gasteiger partial charge in [0.2, 0.25) is 11.6 Å². The van der Waals surface area contributed by atoms with Crippen molar-refractivity contribution in [2.45, 2.75) is 0 Å². The number of hydrogen-bond acceptors (Lipinski definition) is 9. The van der Waals surface area contributed by atoms with E-state index in [4.69, 9.17) is 40.2 Å². The Bertz CT molecular complexity index is 1160. The van der Waals surface area contributed by atoms with Crippen molar-refractivity contribution in [3.8, 4) is 23.0 Å². The second-order valence-electron chi connectivity index (χ2n) is 6.87. The monoisotopic (exact) mass is 457 g/mol. The Morgan fingerprint density at radius 3 is 2.18 bits per heavy atom. The zero-order valence-electron chi connectivity index (χ0n) is 18.8. The average molecular weight is 457 g/mol. The first kappa shape index (κ1) is 23.4. The molecule has 0 aliphatic heterocycles. The van der Waals surface area contributed by atoms with Crippen LogP contribution in [0, 0.1) is 5.41 Å². The van der Waals surface area contributed by atoms with Gasteiger partial charge in [0, 0.05) is 24.0 Å². The maximum atomic E-state index is 13.7. The number of anilines is 2.